The summed E-state index contributed by atoms with van der Waals surface area (Å²) in [6.07, 6.45) is -2.00. The number of hydrogen-bond donors (Lipinski definition) is 3. The van der Waals surface area contributed by atoms with Crippen LogP contribution in [0.2, 0.25) is 0 Å². The molecule has 1 aromatic carbocycles. The molecule has 0 aliphatic rings. The molecule has 0 spiro atoms. The Morgan fingerprint density at radius 2 is 1.90 bits per heavy atom. The second-order valence-corrected chi connectivity index (χ2v) is 5.75. The molecule has 1 rings (SSSR count). The zero-order chi connectivity index (χ0) is 15.1. The van der Waals surface area contributed by atoms with Gasteiger partial charge in [-0.1, -0.05) is 23.9 Å². The highest BCUT2D eigenvalue weighted by molar-refractivity contribution is 8.13. The van der Waals surface area contributed by atoms with Crippen molar-refractivity contribution in [3.05, 3.63) is 29.8 Å². The number of hydrogen-bond acceptors (Lipinski definition) is 6. The lowest BCUT2D eigenvalue weighted by Crippen LogP contribution is -2.22. The average Bonchev–Trinajstić information content (AvgIpc) is 2.44. The fourth-order valence-corrected chi connectivity index (χ4v) is 2.31. The Morgan fingerprint density at radius 1 is 1.30 bits per heavy atom. The highest BCUT2D eigenvalue weighted by atomic mass is 32.2. The first-order valence-electron chi connectivity index (χ1n) is 6.37. The van der Waals surface area contributed by atoms with Gasteiger partial charge in [0.05, 0.1) is 12.7 Å². The zero-order valence-corrected chi connectivity index (χ0v) is 12.5. The molecule has 0 fully saturated rings. The minimum absolute atomic E-state index is 0.0713. The lowest BCUT2D eigenvalue weighted by atomic mass is 10.0. The summed E-state index contributed by atoms with van der Waals surface area (Å²) in [5.74, 6) is 0.169. The third-order valence-electron chi connectivity index (χ3n) is 2.93. The van der Waals surface area contributed by atoms with Gasteiger partial charge in [0.1, 0.15) is 6.10 Å². The van der Waals surface area contributed by atoms with Gasteiger partial charge in [-0.25, -0.2) is 0 Å². The normalized spacial score (nSPS) is 13.8. The molecule has 2 unspecified atom stereocenters. The first-order chi connectivity index (χ1) is 9.45. The maximum Gasteiger partial charge on any atom is 0.185 e. The van der Waals surface area contributed by atoms with Crippen LogP contribution >= 0.6 is 11.8 Å². The van der Waals surface area contributed by atoms with E-state index >= 15 is 0 Å². The largest absolute Gasteiger partial charge is 0.395 e. The van der Waals surface area contributed by atoms with Crippen LogP contribution in [0.15, 0.2) is 24.3 Å². The van der Waals surface area contributed by atoms with Gasteiger partial charge in [-0.3, -0.25) is 4.79 Å². The number of rotatable bonds is 7. The molecule has 1 aromatic rings. The van der Waals surface area contributed by atoms with E-state index in [1.54, 1.807) is 12.1 Å². The number of nitrogens with zero attached hydrogens (tertiary/aromatic N) is 1. The molecule has 0 amide bonds. The van der Waals surface area contributed by atoms with Gasteiger partial charge in [-0.15, -0.1) is 0 Å². The van der Waals surface area contributed by atoms with E-state index in [0.717, 1.165) is 17.4 Å². The molecular weight excluding hydrogens is 278 g/mol. The van der Waals surface area contributed by atoms with Crippen LogP contribution in [0.3, 0.4) is 0 Å². The summed E-state index contributed by atoms with van der Waals surface area (Å²) in [4.78, 5) is 12.7. The predicted molar refractivity (Wildman–Crippen MR) is 80.9 cm³/mol. The van der Waals surface area contributed by atoms with E-state index in [1.807, 2.05) is 24.1 Å². The van der Waals surface area contributed by atoms with E-state index in [1.165, 1.54) is 6.92 Å². The van der Waals surface area contributed by atoms with Gasteiger partial charge < -0.3 is 20.2 Å². The Kier molecular flexibility index (Phi) is 7.01. The van der Waals surface area contributed by atoms with E-state index in [4.69, 9.17) is 5.11 Å². The fourth-order valence-electron chi connectivity index (χ4n) is 1.72. The van der Waals surface area contributed by atoms with Crippen LogP contribution in [-0.2, 0) is 4.79 Å². The van der Waals surface area contributed by atoms with Crippen molar-refractivity contribution in [1.29, 1.82) is 0 Å². The molecule has 0 saturated carbocycles. The Balaban J connectivity index is 2.65. The monoisotopic (exact) mass is 299 g/mol. The predicted octanol–water partition coefficient (Wildman–Crippen LogP) is 0.789. The molecule has 0 aliphatic heterocycles. The van der Waals surface area contributed by atoms with Crippen molar-refractivity contribution >= 4 is 22.6 Å². The summed E-state index contributed by atoms with van der Waals surface area (Å²) >= 11 is 0.992. The number of likely N-dealkylation sites (N-methyl/N-ethyl adjacent to an activating group) is 1. The number of carbonyl (C=O) groups excluding carboxylic acids is 1. The first kappa shape index (κ1) is 17.0. The van der Waals surface area contributed by atoms with Gasteiger partial charge in [0.15, 0.2) is 5.12 Å². The van der Waals surface area contributed by atoms with Crippen LogP contribution in [0.25, 0.3) is 0 Å². The number of aliphatic hydroxyl groups excluding tert-OH is 3. The molecule has 20 heavy (non-hydrogen) atoms. The summed E-state index contributed by atoms with van der Waals surface area (Å²) < 4.78 is 0. The summed E-state index contributed by atoms with van der Waals surface area (Å²) in [5.41, 5.74) is 1.52. The van der Waals surface area contributed by atoms with Crippen molar-refractivity contribution in [2.24, 2.45) is 0 Å². The van der Waals surface area contributed by atoms with E-state index in [9.17, 15) is 15.0 Å². The van der Waals surface area contributed by atoms with Crippen LogP contribution in [0.1, 0.15) is 18.6 Å². The molecule has 0 radical (unpaired) electrons. The molecule has 0 heterocycles. The Hall–Kier alpha value is -1.08. The maximum absolute atomic E-state index is 10.8. The second-order valence-electron chi connectivity index (χ2n) is 4.55. The van der Waals surface area contributed by atoms with Crippen LogP contribution in [0, 0.1) is 0 Å². The third kappa shape index (κ3) is 5.13. The lowest BCUT2D eigenvalue weighted by molar-refractivity contribution is -0.109. The number of aliphatic hydroxyl groups is 3. The van der Waals surface area contributed by atoms with Gasteiger partial charge in [0, 0.05) is 32.0 Å². The molecule has 112 valence electrons. The molecule has 0 bridgehead atoms. The first-order valence-corrected chi connectivity index (χ1v) is 7.35. The van der Waals surface area contributed by atoms with Gasteiger partial charge >= 0.3 is 0 Å². The second kappa shape index (κ2) is 8.26. The van der Waals surface area contributed by atoms with E-state index in [-0.39, 0.29) is 17.5 Å². The van der Waals surface area contributed by atoms with Gasteiger partial charge in [-0.2, -0.15) is 0 Å². The molecule has 5 nitrogen and oxygen atoms in total. The van der Waals surface area contributed by atoms with Crippen molar-refractivity contribution in [1.82, 2.24) is 0 Å². The fraction of sp³-hybridized carbons (Fsp3) is 0.500. The standard InChI is InChI=1S/C14H21NO4S/c1-10(17)20-9-13(18)14(19)11-3-5-12(6-4-11)15(2)7-8-16/h3-6,13-14,16,18-19H,7-9H2,1-2H3. The van der Waals surface area contributed by atoms with Gasteiger partial charge in [0.2, 0.25) is 0 Å². The number of anilines is 1. The van der Waals surface area contributed by atoms with E-state index in [0.29, 0.717) is 12.1 Å². The molecule has 6 heteroatoms. The minimum atomic E-state index is -1.01. The molecule has 0 saturated heterocycles. The van der Waals surface area contributed by atoms with Crippen molar-refractivity contribution in [3.63, 3.8) is 0 Å². The van der Waals surface area contributed by atoms with E-state index in [2.05, 4.69) is 0 Å². The summed E-state index contributed by atoms with van der Waals surface area (Å²) in [7, 11) is 1.86. The SMILES string of the molecule is CC(=O)SCC(O)C(O)c1ccc(N(C)CCO)cc1. The summed E-state index contributed by atoms with van der Waals surface area (Å²) in [5, 5.41) is 28.6. The Bertz CT molecular complexity index is 424. The molecule has 0 aliphatic carbocycles. The molecule has 0 aromatic heterocycles. The summed E-state index contributed by atoms with van der Waals surface area (Å²) in [6.45, 7) is 2.02. The number of carbonyl (C=O) groups is 1. The smallest absolute Gasteiger partial charge is 0.185 e. The van der Waals surface area contributed by atoms with Crippen molar-refractivity contribution < 1.29 is 20.1 Å². The molecular formula is C14H21NO4S. The van der Waals surface area contributed by atoms with Crippen LogP contribution in [0.4, 0.5) is 5.69 Å². The third-order valence-corrected chi connectivity index (χ3v) is 3.85. The maximum atomic E-state index is 10.8. The Labute approximate surface area is 123 Å². The molecule has 3 N–H and O–H groups in total. The number of thioether (sulfide) groups is 1. The Morgan fingerprint density at radius 3 is 2.40 bits per heavy atom. The average molecular weight is 299 g/mol. The number of benzene rings is 1. The van der Waals surface area contributed by atoms with Gasteiger partial charge in [-0.05, 0) is 17.7 Å². The quantitative estimate of drug-likeness (QED) is 0.691. The van der Waals surface area contributed by atoms with Crippen molar-refractivity contribution in [2.75, 3.05) is 30.9 Å². The van der Waals surface area contributed by atoms with Crippen LogP contribution in [-0.4, -0.2) is 52.5 Å². The van der Waals surface area contributed by atoms with Gasteiger partial charge in [0.25, 0.3) is 0 Å². The highest BCUT2D eigenvalue weighted by Crippen LogP contribution is 2.22. The lowest BCUT2D eigenvalue weighted by Gasteiger charge is -2.20. The topological polar surface area (TPSA) is 81.0 Å². The zero-order valence-electron chi connectivity index (χ0n) is 11.7. The van der Waals surface area contributed by atoms with Crippen LogP contribution < -0.4 is 4.90 Å². The van der Waals surface area contributed by atoms with Crippen molar-refractivity contribution in [2.45, 2.75) is 19.1 Å². The summed E-state index contributed by atoms with van der Waals surface area (Å²) in [6, 6.07) is 7.10. The minimum Gasteiger partial charge on any atom is -0.395 e. The van der Waals surface area contributed by atoms with E-state index < -0.39 is 12.2 Å². The van der Waals surface area contributed by atoms with Crippen LogP contribution in [0.5, 0.6) is 0 Å². The molecule has 2 atom stereocenters. The van der Waals surface area contributed by atoms with Crippen molar-refractivity contribution in [3.8, 4) is 0 Å². The highest BCUT2D eigenvalue weighted by Gasteiger charge is 2.19.